The van der Waals surface area contributed by atoms with E-state index in [2.05, 4.69) is 10.6 Å². The maximum absolute atomic E-state index is 12.8. The van der Waals surface area contributed by atoms with Gasteiger partial charge in [-0.25, -0.2) is 4.79 Å². The normalized spacial score (nSPS) is 17.7. The molecule has 0 bridgehead atoms. The molecule has 0 aromatic heterocycles. The Morgan fingerprint density at radius 3 is 2.52 bits per heavy atom. The molecular weight excluding hydrogens is 281 g/mol. The molecule has 0 aliphatic carbocycles. The van der Waals surface area contributed by atoms with Crippen LogP contribution < -0.4 is 10.6 Å². The van der Waals surface area contributed by atoms with Crippen LogP contribution in [0.25, 0.3) is 0 Å². The minimum Gasteiger partial charge on any atom is -0.327 e. The molecule has 1 aliphatic heterocycles. The minimum absolute atomic E-state index is 0.395. The van der Waals surface area contributed by atoms with Gasteiger partial charge in [0.2, 0.25) is 0 Å². The Morgan fingerprint density at radius 1 is 1.00 bits per heavy atom. The smallest absolute Gasteiger partial charge is 0.327 e. The zero-order valence-electron chi connectivity index (χ0n) is 10.7. The summed E-state index contributed by atoms with van der Waals surface area (Å²) in [6, 6.07) is 11.0. The number of anilines is 1. The fraction of sp³-hybridized carbons (Fsp3) is 0.133. The summed E-state index contributed by atoms with van der Waals surface area (Å²) in [5.74, 6) is 0. The summed E-state index contributed by atoms with van der Waals surface area (Å²) < 4.78 is 38.4. The van der Waals surface area contributed by atoms with Crippen molar-refractivity contribution in [2.24, 2.45) is 0 Å². The van der Waals surface area contributed by atoms with Crippen molar-refractivity contribution in [2.75, 3.05) is 5.32 Å². The summed E-state index contributed by atoms with van der Waals surface area (Å²) in [6.45, 7) is 0. The molecule has 2 aromatic rings. The van der Waals surface area contributed by atoms with Crippen molar-refractivity contribution < 1.29 is 18.0 Å². The lowest BCUT2D eigenvalue weighted by Gasteiger charge is -2.28. The minimum atomic E-state index is -4.41. The number of hydrogen-bond acceptors (Lipinski definition) is 1. The van der Waals surface area contributed by atoms with Crippen molar-refractivity contribution in [1.82, 2.24) is 5.32 Å². The first-order valence-electron chi connectivity index (χ1n) is 6.29. The molecule has 2 amide bonds. The monoisotopic (exact) mass is 292 g/mol. The number of nitrogens with one attached hydrogen (secondary N) is 2. The molecule has 6 heteroatoms. The number of carbonyl (C=O) groups is 1. The molecule has 0 fully saturated rings. The van der Waals surface area contributed by atoms with Crippen LogP contribution in [0.5, 0.6) is 0 Å². The van der Waals surface area contributed by atoms with Gasteiger partial charge in [0.1, 0.15) is 0 Å². The van der Waals surface area contributed by atoms with Crippen molar-refractivity contribution in [2.45, 2.75) is 12.2 Å². The van der Waals surface area contributed by atoms with E-state index in [9.17, 15) is 18.0 Å². The van der Waals surface area contributed by atoms with Gasteiger partial charge >= 0.3 is 12.2 Å². The highest BCUT2D eigenvalue weighted by Crippen LogP contribution is 2.35. The zero-order valence-corrected chi connectivity index (χ0v) is 10.7. The molecule has 1 aliphatic rings. The second-order valence-electron chi connectivity index (χ2n) is 4.74. The zero-order chi connectivity index (χ0) is 15.0. The molecule has 2 N–H and O–H groups in total. The van der Waals surface area contributed by atoms with Crippen LogP contribution in [0.2, 0.25) is 0 Å². The van der Waals surface area contributed by atoms with Gasteiger partial charge < -0.3 is 10.6 Å². The number of hydrogen-bond donors (Lipinski definition) is 2. The van der Waals surface area contributed by atoms with E-state index in [-0.39, 0.29) is 0 Å². The average Bonchev–Trinajstić information content (AvgIpc) is 2.45. The van der Waals surface area contributed by atoms with Crippen LogP contribution in [0.1, 0.15) is 22.7 Å². The van der Waals surface area contributed by atoms with Crippen LogP contribution in [0, 0.1) is 0 Å². The van der Waals surface area contributed by atoms with E-state index in [0.29, 0.717) is 11.3 Å². The van der Waals surface area contributed by atoms with E-state index in [1.165, 1.54) is 6.07 Å². The number of carbonyl (C=O) groups excluding carboxylic acids is 1. The highest BCUT2D eigenvalue weighted by atomic mass is 19.4. The molecule has 1 unspecified atom stereocenters. The number of urea groups is 1. The fourth-order valence-corrected chi connectivity index (χ4v) is 2.39. The first-order valence-corrected chi connectivity index (χ1v) is 6.29. The van der Waals surface area contributed by atoms with E-state index in [4.69, 9.17) is 0 Å². The van der Waals surface area contributed by atoms with E-state index >= 15 is 0 Å². The molecular formula is C15H11F3N2O. The van der Waals surface area contributed by atoms with E-state index in [1.54, 1.807) is 30.3 Å². The largest absolute Gasteiger partial charge is 0.416 e. The number of benzene rings is 2. The highest BCUT2D eigenvalue weighted by Gasteiger charge is 2.32. The van der Waals surface area contributed by atoms with Crippen LogP contribution in [0.3, 0.4) is 0 Å². The first-order chi connectivity index (χ1) is 9.95. The van der Waals surface area contributed by atoms with Gasteiger partial charge in [-0.3, -0.25) is 0 Å². The van der Waals surface area contributed by atoms with Crippen LogP contribution in [0.4, 0.5) is 23.7 Å². The first kappa shape index (κ1) is 13.5. The molecule has 3 rings (SSSR count). The average molecular weight is 292 g/mol. The third-order valence-electron chi connectivity index (χ3n) is 3.34. The lowest BCUT2D eigenvalue weighted by Crippen LogP contribution is -2.38. The molecule has 1 atom stereocenters. The van der Waals surface area contributed by atoms with Gasteiger partial charge in [-0.1, -0.05) is 30.3 Å². The molecule has 3 nitrogen and oxygen atoms in total. The number of fused-ring (bicyclic) bond motifs is 1. The Bertz CT molecular complexity index is 697. The summed E-state index contributed by atoms with van der Waals surface area (Å²) in [5, 5.41) is 5.28. The van der Waals surface area contributed by atoms with Gasteiger partial charge in [0, 0.05) is 11.3 Å². The van der Waals surface area contributed by atoms with Crippen molar-refractivity contribution in [3.8, 4) is 0 Å². The molecule has 1 heterocycles. The standard InChI is InChI=1S/C15H11F3N2O/c16-15(17,18)10-5-3-4-9(8-10)13-11-6-1-2-7-12(11)19-14(21)20-13/h1-8,13H,(H2,19,20,21). The quantitative estimate of drug-likeness (QED) is 0.821. The van der Waals surface area contributed by atoms with Gasteiger partial charge in [0.15, 0.2) is 0 Å². The highest BCUT2D eigenvalue weighted by molar-refractivity contribution is 5.93. The van der Waals surface area contributed by atoms with Crippen molar-refractivity contribution in [3.05, 3.63) is 65.2 Å². The molecule has 21 heavy (non-hydrogen) atoms. The van der Waals surface area contributed by atoms with Crippen LogP contribution in [0.15, 0.2) is 48.5 Å². The summed E-state index contributed by atoms with van der Waals surface area (Å²) in [4.78, 5) is 11.6. The molecule has 0 saturated heterocycles. The van der Waals surface area contributed by atoms with Gasteiger partial charge in [0.25, 0.3) is 0 Å². The lowest BCUT2D eigenvalue weighted by atomic mass is 9.94. The summed E-state index contributed by atoms with van der Waals surface area (Å²) in [5.41, 5.74) is 0.998. The van der Waals surface area contributed by atoms with Crippen molar-refractivity contribution in [1.29, 1.82) is 0 Å². The number of halogens is 3. The third-order valence-corrected chi connectivity index (χ3v) is 3.34. The third kappa shape index (κ3) is 2.56. The second kappa shape index (κ2) is 4.80. The summed E-state index contributed by atoms with van der Waals surface area (Å²) >= 11 is 0. The SMILES string of the molecule is O=C1Nc2ccccc2C(c2cccc(C(F)(F)F)c2)N1. The molecule has 2 aromatic carbocycles. The topological polar surface area (TPSA) is 41.1 Å². The van der Waals surface area contributed by atoms with Crippen LogP contribution >= 0.6 is 0 Å². The number of amides is 2. The Labute approximate surface area is 118 Å². The molecule has 0 spiro atoms. The number of alkyl halides is 3. The number of para-hydroxylation sites is 1. The van der Waals surface area contributed by atoms with Crippen molar-refractivity contribution in [3.63, 3.8) is 0 Å². The van der Waals surface area contributed by atoms with Gasteiger partial charge in [0.05, 0.1) is 11.6 Å². The Morgan fingerprint density at radius 2 is 1.76 bits per heavy atom. The molecule has 108 valence electrons. The fourth-order valence-electron chi connectivity index (χ4n) is 2.39. The lowest BCUT2D eigenvalue weighted by molar-refractivity contribution is -0.137. The van der Waals surface area contributed by atoms with E-state index in [0.717, 1.165) is 17.7 Å². The summed E-state index contributed by atoms with van der Waals surface area (Å²) in [6.07, 6.45) is -4.41. The predicted molar refractivity (Wildman–Crippen MR) is 71.9 cm³/mol. The van der Waals surface area contributed by atoms with Crippen molar-refractivity contribution >= 4 is 11.7 Å². The number of rotatable bonds is 1. The van der Waals surface area contributed by atoms with Crippen LogP contribution in [-0.2, 0) is 6.18 Å². The Hall–Kier alpha value is -2.50. The van der Waals surface area contributed by atoms with E-state index < -0.39 is 23.8 Å². The van der Waals surface area contributed by atoms with Gasteiger partial charge in [-0.15, -0.1) is 0 Å². The molecule has 0 saturated carbocycles. The van der Waals surface area contributed by atoms with Gasteiger partial charge in [-0.05, 0) is 23.8 Å². The maximum atomic E-state index is 12.8. The predicted octanol–water partition coefficient (Wildman–Crippen LogP) is 3.93. The van der Waals surface area contributed by atoms with Crippen LogP contribution in [-0.4, -0.2) is 6.03 Å². The maximum Gasteiger partial charge on any atom is 0.416 e. The second-order valence-corrected chi connectivity index (χ2v) is 4.74. The summed E-state index contributed by atoms with van der Waals surface area (Å²) in [7, 11) is 0. The van der Waals surface area contributed by atoms with E-state index in [1.807, 2.05) is 0 Å². The Kier molecular flexibility index (Phi) is 3.08. The van der Waals surface area contributed by atoms with Gasteiger partial charge in [-0.2, -0.15) is 13.2 Å². The Balaban J connectivity index is 2.07. The molecule has 0 radical (unpaired) electrons.